The molecule has 2 heterocycles. The topological polar surface area (TPSA) is 32.8 Å². The minimum Gasteiger partial charge on any atom is -0.465 e. The molecule has 4 heteroatoms. The molecule has 114 valence electrons. The average Bonchev–Trinajstić information content (AvgIpc) is 3.30. The molecule has 3 rings (SSSR count). The Kier molecular flexibility index (Phi) is 4.32. The fourth-order valence-electron chi connectivity index (χ4n) is 4.09. The molecule has 0 unspecified atom stereocenters. The molecule has 2 saturated heterocycles. The largest absolute Gasteiger partial charge is 0.465 e. The van der Waals surface area contributed by atoms with Gasteiger partial charge in [-0.25, -0.2) is 0 Å². The summed E-state index contributed by atoms with van der Waals surface area (Å²) in [6.07, 6.45) is 6.71. The van der Waals surface area contributed by atoms with Gasteiger partial charge >= 0.3 is 5.97 Å². The minimum absolute atomic E-state index is 0.0548. The highest BCUT2D eigenvalue weighted by Gasteiger charge is 2.43. The third-order valence-corrected chi connectivity index (χ3v) is 5.33. The quantitative estimate of drug-likeness (QED) is 0.736. The van der Waals surface area contributed by atoms with Crippen LogP contribution in [0.2, 0.25) is 0 Å². The number of piperidine rings is 2. The van der Waals surface area contributed by atoms with E-state index in [0.29, 0.717) is 6.61 Å². The van der Waals surface area contributed by atoms with Crippen molar-refractivity contribution >= 4 is 5.97 Å². The number of rotatable bonds is 4. The summed E-state index contributed by atoms with van der Waals surface area (Å²) >= 11 is 0. The molecule has 3 aliphatic rings. The maximum Gasteiger partial charge on any atom is 0.323 e. The van der Waals surface area contributed by atoms with Gasteiger partial charge in [-0.05, 0) is 58.4 Å². The Bertz CT molecular complexity index is 356. The van der Waals surface area contributed by atoms with Crippen LogP contribution in [-0.2, 0) is 9.53 Å². The van der Waals surface area contributed by atoms with Crippen molar-refractivity contribution in [2.75, 3.05) is 26.2 Å². The summed E-state index contributed by atoms with van der Waals surface area (Å²) in [6, 6.07) is 1.59. The van der Waals surface area contributed by atoms with Gasteiger partial charge in [0.25, 0.3) is 0 Å². The Labute approximate surface area is 122 Å². The molecular weight excluding hydrogens is 252 g/mol. The van der Waals surface area contributed by atoms with E-state index in [1.54, 1.807) is 0 Å². The van der Waals surface area contributed by atoms with E-state index >= 15 is 0 Å². The second-order valence-electron chi connectivity index (χ2n) is 6.65. The Morgan fingerprint density at radius 3 is 2.75 bits per heavy atom. The lowest BCUT2D eigenvalue weighted by Gasteiger charge is -2.48. The van der Waals surface area contributed by atoms with Crippen LogP contribution in [0.15, 0.2) is 0 Å². The van der Waals surface area contributed by atoms with Crippen molar-refractivity contribution in [2.45, 2.75) is 64.1 Å². The van der Waals surface area contributed by atoms with E-state index in [1.807, 2.05) is 13.8 Å². The summed E-state index contributed by atoms with van der Waals surface area (Å²) in [6.45, 7) is 7.79. The molecule has 0 aromatic heterocycles. The van der Waals surface area contributed by atoms with Gasteiger partial charge in [0.15, 0.2) is 0 Å². The van der Waals surface area contributed by atoms with Gasteiger partial charge in [-0.2, -0.15) is 0 Å². The number of nitrogens with zero attached hydrogens (tertiary/aromatic N) is 2. The number of fused-ring (bicyclic) bond motifs is 1. The summed E-state index contributed by atoms with van der Waals surface area (Å²) in [4.78, 5) is 17.0. The highest BCUT2D eigenvalue weighted by atomic mass is 16.5. The van der Waals surface area contributed by atoms with Gasteiger partial charge in [0.1, 0.15) is 6.04 Å². The molecule has 0 radical (unpaired) electrons. The third-order valence-electron chi connectivity index (χ3n) is 5.33. The first-order valence-electron chi connectivity index (χ1n) is 8.37. The summed E-state index contributed by atoms with van der Waals surface area (Å²) < 4.78 is 5.17. The standard InChI is InChI=1S/C16H28N2O2/c1-3-20-16(19)12(2)17-10-8-15-13(11-17)5-4-9-18(15)14-6-7-14/h12-15H,3-11H2,1-2H3/t12-,13+,15+/m0/s1. The first-order valence-corrected chi connectivity index (χ1v) is 8.37. The van der Waals surface area contributed by atoms with E-state index in [4.69, 9.17) is 4.74 Å². The van der Waals surface area contributed by atoms with Crippen LogP contribution in [-0.4, -0.2) is 60.1 Å². The van der Waals surface area contributed by atoms with Crippen molar-refractivity contribution in [3.63, 3.8) is 0 Å². The number of likely N-dealkylation sites (tertiary alicyclic amines) is 2. The van der Waals surface area contributed by atoms with Crippen molar-refractivity contribution in [1.82, 2.24) is 9.80 Å². The fraction of sp³-hybridized carbons (Fsp3) is 0.938. The van der Waals surface area contributed by atoms with Crippen LogP contribution in [0.25, 0.3) is 0 Å². The van der Waals surface area contributed by atoms with Gasteiger partial charge in [0.05, 0.1) is 6.61 Å². The normalized spacial score (nSPS) is 33.5. The zero-order valence-corrected chi connectivity index (χ0v) is 12.9. The summed E-state index contributed by atoms with van der Waals surface area (Å²) in [5.74, 6) is 0.704. The van der Waals surface area contributed by atoms with Crippen LogP contribution in [0.3, 0.4) is 0 Å². The smallest absolute Gasteiger partial charge is 0.323 e. The second kappa shape index (κ2) is 6.02. The Balaban J connectivity index is 1.59. The zero-order valence-electron chi connectivity index (χ0n) is 12.9. The Morgan fingerprint density at radius 2 is 2.05 bits per heavy atom. The number of esters is 1. The molecule has 1 saturated carbocycles. The summed E-state index contributed by atoms with van der Waals surface area (Å²) in [5, 5.41) is 0. The molecule has 2 aliphatic heterocycles. The summed E-state index contributed by atoms with van der Waals surface area (Å²) in [5.41, 5.74) is 0. The van der Waals surface area contributed by atoms with Gasteiger partial charge < -0.3 is 4.74 Å². The van der Waals surface area contributed by atoms with Crippen molar-refractivity contribution in [3.8, 4) is 0 Å². The number of carbonyl (C=O) groups excluding carboxylic acids is 1. The molecule has 0 bridgehead atoms. The zero-order chi connectivity index (χ0) is 14.1. The molecule has 0 N–H and O–H groups in total. The van der Waals surface area contributed by atoms with E-state index in [9.17, 15) is 4.79 Å². The van der Waals surface area contributed by atoms with Crippen LogP contribution in [0.4, 0.5) is 0 Å². The van der Waals surface area contributed by atoms with Crippen LogP contribution in [0.5, 0.6) is 0 Å². The van der Waals surface area contributed by atoms with Gasteiger partial charge in [0, 0.05) is 25.2 Å². The number of hydrogen-bond acceptors (Lipinski definition) is 4. The molecular formula is C16H28N2O2. The first kappa shape index (κ1) is 14.3. The van der Waals surface area contributed by atoms with Crippen LogP contribution in [0, 0.1) is 5.92 Å². The maximum absolute atomic E-state index is 11.9. The van der Waals surface area contributed by atoms with E-state index in [2.05, 4.69) is 9.80 Å². The first-order chi connectivity index (χ1) is 9.70. The second-order valence-corrected chi connectivity index (χ2v) is 6.65. The highest BCUT2D eigenvalue weighted by Crippen LogP contribution is 2.38. The molecule has 4 nitrogen and oxygen atoms in total. The van der Waals surface area contributed by atoms with E-state index in [0.717, 1.165) is 31.1 Å². The fourth-order valence-corrected chi connectivity index (χ4v) is 4.09. The lowest BCUT2D eigenvalue weighted by atomic mass is 9.83. The van der Waals surface area contributed by atoms with Crippen LogP contribution >= 0.6 is 0 Å². The highest BCUT2D eigenvalue weighted by molar-refractivity contribution is 5.75. The van der Waals surface area contributed by atoms with E-state index in [1.165, 1.54) is 38.6 Å². The molecule has 0 spiro atoms. The summed E-state index contributed by atoms with van der Waals surface area (Å²) in [7, 11) is 0. The average molecular weight is 280 g/mol. The molecule has 3 fully saturated rings. The van der Waals surface area contributed by atoms with E-state index < -0.39 is 0 Å². The maximum atomic E-state index is 11.9. The van der Waals surface area contributed by atoms with Crippen molar-refractivity contribution < 1.29 is 9.53 Å². The SMILES string of the molecule is CCOC(=O)[C@H](C)N1CC[C@@H]2[C@H](CCCN2C2CC2)C1. The molecule has 0 aromatic rings. The number of carbonyl (C=O) groups is 1. The monoisotopic (exact) mass is 280 g/mol. The predicted octanol–water partition coefficient (Wildman–Crippen LogP) is 1.89. The van der Waals surface area contributed by atoms with Gasteiger partial charge in [-0.3, -0.25) is 14.6 Å². The molecule has 1 aliphatic carbocycles. The van der Waals surface area contributed by atoms with Crippen LogP contribution in [0.1, 0.15) is 46.0 Å². The number of ether oxygens (including phenoxy) is 1. The molecule has 20 heavy (non-hydrogen) atoms. The Hall–Kier alpha value is -0.610. The lowest BCUT2D eigenvalue weighted by molar-refractivity contribution is -0.150. The van der Waals surface area contributed by atoms with Crippen molar-refractivity contribution in [3.05, 3.63) is 0 Å². The van der Waals surface area contributed by atoms with Crippen LogP contribution < -0.4 is 0 Å². The molecule has 3 atom stereocenters. The van der Waals surface area contributed by atoms with Gasteiger partial charge in [0.2, 0.25) is 0 Å². The van der Waals surface area contributed by atoms with Crippen molar-refractivity contribution in [2.24, 2.45) is 5.92 Å². The minimum atomic E-state index is -0.0767. The van der Waals surface area contributed by atoms with Crippen molar-refractivity contribution in [1.29, 1.82) is 0 Å². The van der Waals surface area contributed by atoms with Gasteiger partial charge in [-0.1, -0.05) is 0 Å². The molecule has 0 aromatic carbocycles. The van der Waals surface area contributed by atoms with Gasteiger partial charge in [-0.15, -0.1) is 0 Å². The lowest BCUT2D eigenvalue weighted by Crippen LogP contribution is -2.57. The Morgan fingerprint density at radius 1 is 1.25 bits per heavy atom. The third kappa shape index (κ3) is 2.86. The number of hydrogen-bond donors (Lipinski definition) is 0. The predicted molar refractivity (Wildman–Crippen MR) is 78.5 cm³/mol. The van der Waals surface area contributed by atoms with E-state index in [-0.39, 0.29) is 12.0 Å². The molecule has 0 amide bonds.